The topological polar surface area (TPSA) is 79.3 Å². The van der Waals surface area contributed by atoms with E-state index in [4.69, 9.17) is 9.47 Å². The van der Waals surface area contributed by atoms with Crippen molar-refractivity contribution in [3.05, 3.63) is 53.1 Å². The Morgan fingerprint density at radius 3 is 2.61 bits per heavy atom. The Morgan fingerprint density at radius 1 is 1.11 bits per heavy atom. The van der Waals surface area contributed by atoms with Crippen molar-refractivity contribution in [1.29, 1.82) is 0 Å². The highest BCUT2D eigenvalue weighted by Gasteiger charge is 2.67. The monoisotopic (exact) mass is 600 g/mol. The molecule has 44 heavy (non-hydrogen) atoms. The van der Waals surface area contributed by atoms with Crippen LogP contribution in [0.5, 0.6) is 17.2 Å². The Balaban J connectivity index is 1.15. The molecule has 1 spiro atoms. The van der Waals surface area contributed by atoms with Crippen molar-refractivity contribution >= 4 is 11.7 Å². The van der Waals surface area contributed by atoms with Crippen molar-refractivity contribution in [3.8, 4) is 17.2 Å². The summed E-state index contributed by atoms with van der Waals surface area (Å²) < 4.78 is 12.8. The van der Waals surface area contributed by atoms with E-state index in [-0.39, 0.29) is 29.3 Å². The van der Waals surface area contributed by atoms with Gasteiger partial charge in [-0.05, 0) is 75.7 Å². The lowest BCUT2D eigenvalue weighted by Gasteiger charge is -2.60. The number of amides is 1. The minimum Gasteiger partial charge on any atom is -0.508 e. The molecule has 2 aromatic carbocycles. The van der Waals surface area contributed by atoms with Crippen LogP contribution in [0.4, 0.5) is 0 Å². The fraction of sp³-hybridized carbons (Fsp3) is 0.622. The average molecular weight is 601 g/mol. The number of likely N-dealkylation sites (tertiary alicyclic amines) is 1. The minimum atomic E-state index is -0.222. The maximum absolute atomic E-state index is 14.1. The summed E-state index contributed by atoms with van der Waals surface area (Å²) in [4.78, 5) is 31.6. The van der Waals surface area contributed by atoms with Crippen LogP contribution in [0.15, 0.2) is 36.4 Å². The molecule has 5 atom stereocenters. The highest BCUT2D eigenvalue weighted by Crippen LogP contribution is 2.66. The third-order valence-corrected chi connectivity index (χ3v) is 11.3. The Hall–Kier alpha value is -3.06. The molecular weight excluding hydrogens is 552 g/mol. The molecule has 1 N–H and O–H groups in total. The fourth-order valence-electron chi connectivity index (χ4n) is 9.27. The maximum atomic E-state index is 14.1. The van der Waals surface area contributed by atoms with Gasteiger partial charge in [0.1, 0.15) is 11.9 Å². The molecule has 3 aliphatic carbocycles. The van der Waals surface area contributed by atoms with Crippen molar-refractivity contribution in [2.75, 3.05) is 26.7 Å². The van der Waals surface area contributed by atoms with Gasteiger partial charge in [-0.3, -0.25) is 14.5 Å². The van der Waals surface area contributed by atoms with Gasteiger partial charge in [-0.15, -0.1) is 0 Å². The molecule has 2 bridgehead atoms. The Bertz CT molecular complexity index is 1400. The van der Waals surface area contributed by atoms with E-state index in [1.165, 1.54) is 18.4 Å². The summed E-state index contributed by atoms with van der Waals surface area (Å²) in [5.74, 6) is 3.61. The van der Waals surface area contributed by atoms with E-state index >= 15 is 0 Å². The molecule has 7 rings (SSSR count). The number of carbonyl (C=O) groups is 2. The number of hydrogen-bond donors (Lipinski definition) is 1. The number of aromatic hydroxyl groups is 1. The third-order valence-electron chi connectivity index (χ3n) is 11.3. The lowest BCUT2D eigenvalue weighted by Crippen LogP contribution is -2.69. The van der Waals surface area contributed by atoms with Crippen LogP contribution in [-0.4, -0.2) is 71.5 Å². The van der Waals surface area contributed by atoms with Crippen LogP contribution in [0.1, 0.15) is 93.1 Å². The van der Waals surface area contributed by atoms with E-state index in [2.05, 4.69) is 23.6 Å². The van der Waals surface area contributed by atoms with E-state index in [9.17, 15) is 14.7 Å². The number of phenols is 1. The Kier molecular flexibility index (Phi) is 7.88. The molecule has 236 valence electrons. The summed E-state index contributed by atoms with van der Waals surface area (Å²) in [6, 6.07) is 11.5. The SMILES string of the molecule is COc1cc(O)c2c3c1O[C@H]1[C@H](N(CC(C)C)C(=O)CCCCC(=O)c4ccccc4)CC[C@H]4[C@@H](C2)N(CC2CC2)CC[C@@]341. The van der Waals surface area contributed by atoms with E-state index in [0.717, 1.165) is 61.6 Å². The molecule has 0 aromatic heterocycles. The number of methoxy groups -OCH3 is 1. The zero-order valence-corrected chi connectivity index (χ0v) is 26.6. The van der Waals surface area contributed by atoms with Gasteiger partial charge in [-0.1, -0.05) is 44.2 Å². The second kappa shape index (κ2) is 11.7. The predicted octanol–water partition coefficient (Wildman–Crippen LogP) is 6.15. The first kappa shape index (κ1) is 29.6. The van der Waals surface area contributed by atoms with Gasteiger partial charge in [-0.25, -0.2) is 0 Å². The first-order valence-electron chi connectivity index (χ1n) is 17.0. The molecule has 0 unspecified atom stereocenters. The number of ether oxygens (including phenoxy) is 2. The van der Waals surface area contributed by atoms with E-state index in [1.54, 1.807) is 13.2 Å². The van der Waals surface area contributed by atoms with Gasteiger partial charge in [0.2, 0.25) is 5.91 Å². The molecule has 7 heteroatoms. The quantitative estimate of drug-likeness (QED) is 0.233. The van der Waals surface area contributed by atoms with E-state index < -0.39 is 0 Å². The molecule has 7 nitrogen and oxygen atoms in total. The van der Waals surface area contributed by atoms with Crippen molar-refractivity contribution in [2.24, 2.45) is 17.8 Å². The Morgan fingerprint density at radius 2 is 1.89 bits per heavy atom. The minimum absolute atomic E-state index is 0.0343. The highest BCUT2D eigenvalue weighted by molar-refractivity contribution is 5.96. The van der Waals surface area contributed by atoms with Crippen LogP contribution in [0, 0.1) is 17.8 Å². The summed E-state index contributed by atoms with van der Waals surface area (Å²) in [6.07, 6.45) is 8.64. The van der Waals surface area contributed by atoms with Gasteiger partial charge < -0.3 is 19.5 Å². The van der Waals surface area contributed by atoms with Crippen molar-refractivity contribution in [1.82, 2.24) is 9.80 Å². The lowest BCUT2D eigenvalue weighted by atomic mass is 9.50. The molecule has 1 amide bonds. The van der Waals surface area contributed by atoms with Crippen molar-refractivity contribution in [3.63, 3.8) is 0 Å². The lowest BCUT2D eigenvalue weighted by molar-refractivity contribution is -0.143. The number of phenolic OH excluding ortho intramolecular Hbond substituents is 1. The van der Waals surface area contributed by atoms with Gasteiger partial charge in [0, 0.05) is 60.1 Å². The first-order chi connectivity index (χ1) is 21.3. The summed E-state index contributed by atoms with van der Waals surface area (Å²) in [5, 5.41) is 11.3. The zero-order valence-electron chi connectivity index (χ0n) is 26.6. The van der Waals surface area contributed by atoms with Crippen molar-refractivity contribution in [2.45, 2.75) is 102 Å². The number of carbonyl (C=O) groups excluding carboxylic acids is 2. The molecule has 5 aliphatic rings. The number of nitrogens with zero attached hydrogens (tertiary/aromatic N) is 2. The van der Waals surface area contributed by atoms with E-state index in [0.29, 0.717) is 61.6 Å². The van der Waals surface area contributed by atoms with Crippen LogP contribution in [0.25, 0.3) is 0 Å². The highest BCUT2D eigenvalue weighted by atomic mass is 16.5. The number of hydrogen-bond acceptors (Lipinski definition) is 6. The van der Waals surface area contributed by atoms with E-state index in [1.807, 2.05) is 30.3 Å². The number of piperidine rings is 1. The largest absolute Gasteiger partial charge is 0.508 e. The number of benzene rings is 2. The summed E-state index contributed by atoms with van der Waals surface area (Å²) in [6.45, 7) is 7.25. The molecule has 2 aliphatic heterocycles. The second-order valence-electron chi connectivity index (χ2n) is 14.5. The number of unbranched alkanes of at least 4 members (excludes halogenated alkanes) is 1. The summed E-state index contributed by atoms with van der Waals surface area (Å²) in [7, 11) is 1.65. The average Bonchev–Trinajstić information content (AvgIpc) is 3.78. The van der Waals surface area contributed by atoms with Gasteiger partial charge in [0.15, 0.2) is 17.3 Å². The molecule has 2 aromatic rings. The normalized spacial score (nSPS) is 28.4. The van der Waals surface area contributed by atoms with Crippen LogP contribution in [0.3, 0.4) is 0 Å². The maximum Gasteiger partial charge on any atom is 0.222 e. The molecule has 0 radical (unpaired) electrons. The van der Waals surface area contributed by atoms with Gasteiger partial charge >= 0.3 is 0 Å². The van der Waals surface area contributed by atoms with Crippen LogP contribution in [0.2, 0.25) is 0 Å². The van der Waals surface area contributed by atoms with Crippen LogP contribution >= 0.6 is 0 Å². The van der Waals surface area contributed by atoms with Gasteiger partial charge in [0.05, 0.1) is 13.2 Å². The smallest absolute Gasteiger partial charge is 0.222 e. The second-order valence-corrected chi connectivity index (χ2v) is 14.5. The first-order valence-corrected chi connectivity index (χ1v) is 17.0. The summed E-state index contributed by atoms with van der Waals surface area (Å²) in [5.41, 5.74) is 2.73. The fourth-order valence-corrected chi connectivity index (χ4v) is 9.27. The van der Waals surface area contributed by atoms with Crippen LogP contribution in [-0.2, 0) is 16.6 Å². The van der Waals surface area contributed by atoms with Gasteiger partial charge in [-0.2, -0.15) is 0 Å². The molecule has 2 saturated carbocycles. The zero-order chi connectivity index (χ0) is 30.6. The summed E-state index contributed by atoms with van der Waals surface area (Å²) >= 11 is 0. The molecule has 3 fully saturated rings. The van der Waals surface area contributed by atoms with Crippen molar-refractivity contribution < 1.29 is 24.2 Å². The van der Waals surface area contributed by atoms with Gasteiger partial charge in [0.25, 0.3) is 0 Å². The Labute approximate surface area is 261 Å². The standard InChI is InChI=1S/C37H48N2O5/c1-23(2)21-39(33(42)12-8-7-11-30(40)25-9-5-4-6-10-25)28-16-15-27-29-19-26-31(41)20-32(43-3)35-34(26)37(27,36(28)44-35)17-18-38(29)22-24-13-14-24/h4-6,9-10,20,23-24,27-29,36,41H,7-8,11-19,21-22H2,1-3H3/t27-,28+,29+,36-,37-/m0/s1. The predicted molar refractivity (Wildman–Crippen MR) is 169 cm³/mol. The molecule has 2 heterocycles. The molecular formula is C37H48N2O5. The number of ketones is 1. The number of rotatable bonds is 12. The number of Topliss-reactive ketones (excluding diaryl/α,β-unsaturated/α-hetero) is 1. The molecule has 1 saturated heterocycles. The third kappa shape index (κ3) is 4.99. The van der Waals surface area contributed by atoms with Crippen LogP contribution < -0.4 is 9.47 Å².